The molecule has 0 radical (unpaired) electrons. The number of pyridine rings is 1. The molecule has 6 heteroatoms. The van der Waals surface area contributed by atoms with Crippen molar-refractivity contribution in [3.8, 4) is 0 Å². The van der Waals surface area contributed by atoms with E-state index in [1.807, 2.05) is 42.5 Å². The van der Waals surface area contributed by atoms with Crippen LogP contribution in [-0.4, -0.2) is 16.0 Å². The average Bonchev–Trinajstić information content (AvgIpc) is 2.69. The van der Waals surface area contributed by atoms with Gasteiger partial charge in [-0.1, -0.05) is 58.4 Å². The maximum absolute atomic E-state index is 14.2. The first-order chi connectivity index (χ1) is 13.1. The molecule has 2 aromatic carbocycles. The van der Waals surface area contributed by atoms with Crippen LogP contribution in [0.4, 0.5) is 9.18 Å². The van der Waals surface area contributed by atoms with Crippen molar-refractivity contribution >= 4 is 22.0 Å². The molecule has 0 aliphatic carbocycles. The van der Waals surface area contributed by atoms with Gasteiger partial charge in [-0.05, 0) is 29.8 Å². The van der Waals surface area contributed by atoms with Gasteiger partial charge >= 0.3 is 6.09 Å². The highest BCUT2D eigenvalue weighted by Gasteiger charge is 2.18. The topological polar surface area (TPSA) is 42.4 Å². The summed E-state index contributed by atoms with van der Waals surface area (Å²) in [5, 5.41) is 0. The number of carbonyl (C=O) groups excluding carboxylic acids is 1. The Morgan fingerprint density at radius 3 is 2.52 bits per heavy atom. The lowest BCUT2D eigenvalue weighted by Crippen LogP contribution is -2.31. The molecule has 0 N–H and O–H groups in total. The van der Waals surface area contributed by atoms with Crippen molar-refractivity contribution in [3.63, 3.8) is 0 Å². The lowest BCUT2D eigenvalue weighted by Gasteiger charge is -2.22. The second-order valence-electron chi connectivity index (χ2n) is 5.95. The van der Waals surface area contributed by atoms with Crippen LogP contribution in [0.25, 0.3) is 0 Å². The Hall–Kier alpha value is -2.73. The highest BCUT2D eigenvalue weighted by molar-refractivity contribution is 9.10. The molecule has 0 aliphatic rings. The molecule has 1 heterocycles. The van der Waals surface area contributed by atoms with Crippen LogP contribution in [0.5, 0.6) is 0 Å². The third-order valence-electron chi connectivity index (χ3n) is 3.92. The largest absolute Gasteiger partial charge is 0.445 e. The number of hydrogen-bond acceptors (Lipinski definition) is 3. The number of rotatable bonds is 6. The number of halogens is 2. The van der Waals surface area contributed by atoms with Gasteiger partial charge in [0.25, 0.3) is 0 Å². The van der Waals surface area contributed by atoms with Crippen LogP contribution in [0.2, 0.25) is 0 Å². The van der Waals surface area contributed by atoms with E-state index in [-0.39, 0.29) is 25.5 Å². The van der Waals surface area contributed by atoms with Gasteiger partial charge < -0.3 is 4.74 Å². The number of ether oxygens (including phenoxy) is 1. The van der Waals surface area contributed by atoms with E-state index < -0.39 is 6.09 Å². The van der Waals surface area contributed by atoms with E-state index in [0.717, 1.165) is 5.56 Å². The minimum Gasteiger partial charge on any atom is -0.445 e. The van der Waals surface area contributed by atoms with E-state index in [1.54, 1.807) is 24.4 Å². The van der Waals surface area contributed by atoms with Gasteiger partial charge in [0.2, 0.25) is 0 Å². The Morgan fingerprint density at radius 2 is 1.81 bits per heavy atom. The number of carbonyl (C=O) groups is 1. The Kier molecular flexibility index (Phi) is 6.54. The Balaban J connectivity index is 1.75. The predicted octanol–water partition coefficient (Wildman–Crippen LogP) is 5.32. The van der Waals surface area contributed by atoms with E-state index >= 15 is 0 Å². The zero-order valence-corrected chi connectivity index (χ0v) is 16.1. The van der Waals surface area contributed by atoms with Crippen molar-refractivity contribution in [3.05, 3.63) is 100 Å². The summed E-state index contributed by atoms with van der Waals surface area (Å²) in [6.07, 6.45) is 1.13. The van der Waals surface area contributed by atoms with Gasteiger partial charge in [0.1, 0.15) is 12.4 Å². The summed E-state index contributed by atoms with van der Waals surface area (Å²) < 4.78 is 20.3. The van der Waals surface area contributed by atoms with Crippen LogP contribution in [0.1, 0.15) is 16.8 Å². The molecule has 0 fully saturated rings. The second-order valence-corrected chi connectivity index (χ2v) is 6.87. The summed E-state index contributed by atoms with van der Waals surface area (Å²) >= 11 is 3.24. The van der Waals surface area contributed by atoms with Crippen LogP contribution in [-0.2, 0) is 24.4 Å². The quantitative estimate of drug-likeness (QED) is 0.533. The van der Waals surface area contributed by atoms with E-state index in [4.69, 9.17) is 4.74 Å². The third-order valence-corrected chi connectivity index (χ3v) is 4.41. The molecule has 0 saturated carbocycles. The lowest BCUT2D eigenvalue weighted by atomic mass is 10.2. The average molecular weight is 429 g/mol. The van der Waals surface area contributed by atoms with Crippen LogP contribution in [0.15, 0.2) is 77.4 Å². The van der Waals surface area contributed by atoms with E-state index in [9.17, 15) is 9.18 Å². The van der Waals surface area contributed by atoms with Crippen molar-refractivity contribution in [2.75, 3.05) is 0 Å². The molecule has 1 amide bonds. The molecule has 4 nitrogen and oxygen atoms in total. The first-order valence-corrected chi connectivity index (χ1v) is 9.20. The zero-order chi connectivity index (χ0) is 19.1. The van der Waals surface area contributed by atoms with Crippen LogP contribution in [0, 0.1) is 5.82 Å². The Bertz CT molecular complexity index is 891. The molecular formula is C21H18BrFN2O2. The fourth-order valence-corrected chi connectivity index (χ4v) is 2.87. The van der Waals surface area contributed by atoms with Gasteiger partial charge in [0, 0.05) is 16.2 Å². The van der Waals surface area contributed by atoms with Crippen LogP contribution >= 0.6 is 15.9 Å². The van der Waals surface area contributed by atoms with Crippen LogP contribution in [0.3, 0.4) is 0 Å². The van der Waals surface area contributed by atoms with Crippen molar-refractivity contribution in [2.45, 2.75) is 19.7 Å². The number of hydrogen-bond donors (Lipinski definition) is 0. The third kappa shape index (κ3) is 5.62. The molecule has 0 aliphatic heterocycles. The summed E-state index contributed by atoms with van der Waals surface area (Å²) in [5.74, 6) is -0.383. The van der Waals surface area contributed by atoms with E-state index in [2.05, 4.69) is 20.9 Å². The molecule has 0 spiro atoms. The molecule has 0 unspecified atom stereocenters. The zero-order valence-electron chi connectivity index (χ0n) is 14.5. The summed E-state index contributed by atoms with van der Waals surface area (Å²) in [6, 6.07) is 19.6. The molecule has 138 valence electrons. The number of aromatic nitrogens is 1. The fraction of sp³-hybridized carbons (Fsp3) is 0.143. The molecule has 0 bridgehead atoms. The van der Waals surface area contributed by atoms with Gasteiger partial charge in [-0.3, -0.25) is 9.88 Å². The first-order valence-electron chi connectivity index (χ1n) is 8.41. The molecule has 3 aromatic rings. The monoisotopic (exact) mass is 428 g/mol. The van der Waals surface area contributed by atoms with Crippen molar-refractivity contribution in [1.29, 1.82) is 0 Å². The predicted molar refractivity (Wildman–Crippen MR) is 104 cm³/mol. The highest BCUT2D eigenvalue weighted by Crippen LogP contribution is 2.18. The van der Waals surface area contributed by atoms with E-state index in [0.29, 0.717) is 15.7 Å². The minimum atomic E-state index is -0.521. The molecule has 27 heavy (non-hydrogen) atoms. The summed E-state index contributed by atoms with van der Waals surface area (Å²) in [5.41, 5.74) is 2.00. The van der Waals surface area contributed by atoms with Crippen molar-refractivity contribution < 1.29 is 13.9 Å². The van der Waals surface area contributed by atoms with Gasteiger partial charge in [0.05, 0.1) is 18.8 Å². The maximum Gasteiger partial charge on any atom is 0.410 e. The maximum atomic E-state index is 14.2. The summed E-state index contributed by atoms with van der Waals surface area (Å²) in [7, 11) is 0. The molecular weight excluding hydrogens is 411 g/mol. The van der Waals surface area contributed by atoms with Crippen molar-refractivity contribution in [2.24, 2.45) is 0 Å². The number of amides is 1. The molecule has 0 saturated heterocycles. The van der Waals surface area contributed by atoms with Gasteiger partial charge in [-0.25, -0.2) is 9.18 Å². The minimum absolute atomic E-state index is 0.0866. The van der Waals surface area contributed by atoms with Gasteiger partial charge in [0.15, 0.2) is 0 Å². The van der Waals surface area contributed by atoms with E-state index in [1.165, 1.54) is 11.0 Å². The smallest absolute Gasteiger partial charge is 0.410 e. The summed E-state index contributed by atoms with van der Waals surface area (Å²) in [4.78, 5) is 18.3. The molecule has 0 atom stereocenters. The fourth-order valence-electron chi connectivity index (χ4n) is 2.54. The lowest BCUT2D eigenvalue weighted by molar-refractivity contribution is 0.0902. The molecule has 1 aromatic heterocycles. The number of nitrogens with zero attached hydrogens (tertiary/aromatic N) is 2. The standard InChI is InChI=1S/C21H18BrFN2O2/c22-18-10-9-17(20(23)12-18)13-25(14-19-8-4-5-11-24-19)21(26)27-15-16-6-2-1-3-7-16/h1-12H,13-15H2. The van der Waals surface area contributed by atoms with Crippen LogP contribution < -0.4 is 0 Å². The van der Waals surface area contributed by atoms with Gasteiger partial charge in [-0.15, -0.1) is 0 Å². The Morgan fingerprint density at radius 1 is 1.04 bits per heavy atom. The first kappa shape index (κ1) is 19.0. The number of benzene rings is 2. The molecule has 3 rings (SSSR count). The normalized spacial score (nSPS) is 10.4. The van der Waals surface area contributed by atoms with Gasteiger partial charge in [-0.2, -0.15) is 0 Å². The SMILES string of the molecule is O=C(OCc1ccccc1)N(Cc1ccccn1)Cc1ccc(Br)cc1F. The Labute approximate surface area is 165 Å². The second kappa shape index (κ2) is 9.28. The summed E-state index contributed by atoms with van der Waals surface area (Å²) in [6.45, 7) is 0.467. The van der Waals surface area contributed by atoms with Crippen molar-refractivity contribution in [1.82, 2.24) is 9.88 Å². The highest BCUT2D eigenvalue weighted by atomic mass is 79.9.